The molecular formula is C19H19NO3. The van der Waals surface area contributed by atoms with Crippen LogP contribution in [-0.4, -0.2) is 34.5 Å². The van der Waals surface area contributed by atoms with Gasteiger partial charge in [-0.25, -0.2) is 4.79 Å². The molecule has 1 fully saturated rings. The molecule has 23 heavy (non-hydrogen) atoms. The van der Waals surface area contributed by atoms with Crippen molar-refractivity contribution in [2.45, 2.75) is 24.8 Å². The van der Waals surface area contributed by atoms with Gasteiger partial charge in [-0.05, 0) is 17.5 Å². The average molecular weight is 309 g/mol. The molecule has 0 radical (unpaired) electrons. The number of rotatable bonds is 5. The van der Waals surface area contributed by atoms with Crippen molar-refractivity contribution in [1.29, 1.82) is 0 Å². The zero-order valence-electron chi connectivity index (χ0n) is 12.8. The van der Waals surface area contributed by atoms with Crippen LogP contribution in [0.25, 0.3) is 0 Å². The first kappa shape index (κ1) is 15.3. The predicted octanol–water partition coefficient (Wildman–Crippen LogP) is 2.89. The van der Waals surface area contributed by atoms with Gasteiger partial charge in [-0.15, -0.1) is 0 Å². The van der Waals surface area contributed by atoms with Crippen molar-refractivity contribution in [3.05, 3.63) is 71.8 Å². The molecule has 2 aromatic rings. The van der Waals surface area contributed by atoms with E-state index in [1.54, 1.807) is 0 Å². The number of aliphatic carboxylic acids is 1. The van der Waals surface area contributed by atoms with Gasteiger partial charge in [0.05, 0.1) is 0 Å². The van der Waals surface area contributed by atoms with Gasteiger partial charge in [0.15, 0.2) is 0 Å². The highest BCUT2D eigenvalue weighted by molar-refractivity contribution is 5.86. The van der Waals surface area contributed by atoms with Crippen LogP contribution in [0, 0.1) is 0 Å². The van der Waals surface area contributed by atoms with Crippen LogP contribution in [0.4, 0.5) is 0 Å². The first-order valence-electron chi connectivity index (χ1n) is 7.79. The van der Waals surface area contributed by atoms with Crippen LogP contribution >= 0.6 is 0 Å². The summed E-state index contributed by atoms with van der Waals surface area (Å²) in [6.07, 6.45) is 0.834. The molecule has 118 valence electrons. The first-order valence-corrected chi connectivity index (χ1v) is 7.79. The van der Waals surface area contributed by atoms with E-state index >= 15 is 0 Å². The lowest BCUT2D eigenvalue weighted by Crippen LogP contribution is -2.55. The Morgan fingerprint density at radius 3 is 1.91 bits per heavy atom. The standard InChI is InChI=1S/C19H19NO3/c21-18(20-12-11-17(20)19(22)23)13-16(14-7-3-1-4-8-14)15-9-5-2-6-10-15/h1-10,16-17H,11-13H2,(H,22,23)/t17-/m0/s1. The molecular weight excluding hydrogens is 290 g/mol. The topological polar surface area (TPSA) is 57.6 Å². The maximum atomic E-state index is 12.6. The van der Waals surface area contributed by atoms with Gasteiger partial charge in [0.2, 0.25) is 5.91 Å². The number of benzene rings is 2. The molecule has 1 N–H and O–H groups in total. The lowest BCUT2D eigenvalue weighted by atomic mass is 9.87. The highest BCUT2D eigenvalue weighted by atomic mass is 16.4. The lowest BCUT2D eigenvalue weighted by Gasteiger charge is -2.38. The zero-order valence-corrected chi connectivity index (χ0v) is 12.8. The van der Waals surface area contributed by atoms with E-state index in [1.165, 1.54) is 4.90 Å². The molecule has 0 spiro atoms. The molecule has 4 heteroatoms. The summed E-state index contributed by atoms with van der Waals surface area (Å²) >= 11 is 0. The molecule has 1 saturated heterocycles. The highest BCUT2D eigenvalue weighted by Crippen LogP contribution is 2.30. The van der Waals surface area contributed by atoms with Crippen molar-refractivity contribution in [2.24, 2.45) is 0 Å². The van der Waals surface area contributed by atoms with Gasteiger partial charge < -0.3 is 10.0 Å². The summed E-state index contributed by atoms with van der Waals surface area (Å²) in [6, 6.07) is 19.1. The Morgan fingerprint density at radius 2 is 1.52 bits per heavy atom. The van der Waals surface area contributed by atoms with E-state index in [4.69, 9.17) is 5.11 Å². The Hall–Kier alpha value is -2.62. The summed E-state index contributed by atoms with van der Waals surface area (Å²) in [6.45, 7) is 0.534. The van der Waals surface area contributed by atoms with Crippen molar-refractivity contribution < 1.29 is 14.7 Å². The van der Waals surface area contributed by atoms with E-state index in [1.807, 2.05) is 60.7 Å². The summed E-state index contributed by atoms with van der Waals surface area (Å²) in [5, 5.41) is 9.13. The van der Waals surface area contributed by atoms with Crippen LogP contribution in [0.5, 0.6) is 0 Å². The summed E-state index contributed by atoms with van der Waals surface area (Å²) in [5.74, 6) is -1.07. The highest BCUT2D eigenvalue weighted by Gasteiger charge is 2.38. The van der Waals surface area contributed by atoms with Crippen LogP contribution in [0.15, 0.2) is 60.7 Å². The van der Waals surface area contributed by atoms with Crippen LogP contribution in [0.3, 0.4) is 0 Å². The predicted molar refractivity (Wildman–Crippen MR) is 87.1 cm³/mol. The molecule has 3 rings (SSSR count). The van der Waals surface area contributed by atoms with E-state index in [2.05, 4.69) is 0 Å². The molecule has 2 aromatic carbocycles. The third-order valence-electron chi connectivity index (χ3n) is 4.41. The Bertz CT molecular complexity index is 645. The minimum atomic E-state index is -0.916. The number of hydrogen-bond acceptors (Lipinski definition) is 2. The SMILES string of the molecule is O=C(O)[C@@H]1CCN1C(=O)CC(c1ccccc1)c1ccccc1. The molecule has 1 aliphatic heterocycles. The molecule has 0 aliphatic carbocycles. The number of likely N-dealkylation sites (tertiary alicyclic amines) is 1. The molecule has 4 nitrogen and oxygen atoms in total. The number of carbonyl (C=O) groups excluding carboxylic acids is 1. The fourth-order valence-electron chi connectivity index (χ4n) is 3.03. The van der Waals surface area contributed by atoms with E-state index in [0.717, 1.165) is 11.1 Å². The maximum absolute atomic E-state index is 12.6. The van der Waals surface area contributed by atoms with Gasteiger partial charge in [0, 0.05) is 18.9 Å². The second-order valence-electron chi connectivity index (χ2n) is 5.81. The van der Waals surface area contributed by atoms with E-state index in [0.29, 0.717) is 13.0 Å². The molecule has 1 heterocycles. The molecule has 0 aromatic heterocycles. The van der Waals surface area contributed by atoms with E-state index < -0.39 is 12.0 Å². The Balaban J connectivity index is 1.82. The monoisotopic (exact) mass is 309 g/mol. The number of nitrogens with zero attached hydrogens (tertiary/aromatic N) is 1. The van der Waals surface area contributed by atoms with Crippen molar-refractivity contribution in [3.63, 3.8) is 0 Å². The maximum Gasteiger partial charge on any atom is 0.326 e. The second kappa shape index (κ2) is 6.65. The zero-order chi connectivity index (χ0) is 16.2. The minimum absolute atomic E-state index is 0.0556. The number of carboxylic acid groups (broad SMARTS) is 1. The Morgan fingerprint density at radius 1 is 1.00 bits per heavy atom. The fraction of sp³-hybridized carbons (Fsp3) is 0.263. The summed E-state index contributed by atoms with van der Waals surface area (Å²) in [7, 11) is 0. The van der Waals surface area contributed by atoms with Crippen LogP contribution < -0.4 is 0 Å². The van der Waals surface area contributed by atoms with E-state index in [-0.39, 0.29) is 18.2 Å². The fourth-order valence-corrected chi connectivity index (χ4v) is 3.03. The number of amides is 1. The third-order valence-corrected chi connectivity index (χ3v) is 4.41. The van der Waals surface area contributed by atoms with Crippen LogP contribution in [0.2, 0.25) is 0 Å². The molecule has 1 aliphatic rings. The Kier molecular flexibility index (Phi) is 4.42. The van der Waals surface area contributed by atoms with Gasteiger partial charge in [0.25, 0.3) is 0 Å². The van der Waals surface area contributed by atoms with Gasteiger partial charge in [-0.1, -0.05) is 60.7 Å². The van der Waals surface area contributed by atoms with Crippen molar-refractivity contribution in [3.8, 4) is 0 Å². The lowest BCUT2D eigenvalue weighted by molar-refractivity contribution is -0.157. The molecule has 1 atom stereocenters. The van der Waals surface area contributed by atoms with Gasteiger partial charge >= 0.3 is 5.97 Å². The summed E-state index contributed by atoms with van der Waals surface area (Å²) in [4.78, 5) is 25.2. The average Bonchev–Trinajstić information content (AvgIpc) is 2.52. The normalized spacial score (nSPS) is 16.9. The van der Waals surface area contributed by atoms with Crippen molar-refractivity contribution in [1.82, 2.24) is 4.90 Å². The molecule has 0 unspecified atom stereocenters. The van der Waals surface area contributed by atoms with Gasteiger partial charge in [0.1, 0.15) is 6.04 Å². The number of carbonyl (C=O) groups is 2. The summed E-state index contributed by atoms with van der Waals surface area (Å²) in [5.41, 5.74) is 2.14. The van der Waals surface area contributed by atoms with Crippen molar-refractivity contribution in [2.75, 3.05) is 6.54 Å². The van der Waals surface area contributed by atoms with Crippen LogP contribution in [0.1, 0.15) is 29.9 Å². The second-order valence-corrected chi connectivity index (χ2v) is 5.81. The largest absolute Gasteiger partial charge is 0.480 e. The third kappa shape index (κ3) is 3.26. The molecule has 0 bridgehead atoms. The first-order chi connectivity index (χ1) is 11.2. The van der Waals surface area contributed by atoms with Crippen LogP contribution in [-0.2, 0) is 9.59 Å². The van der Waals surface area contributed by atoms with Gasteiger partial charge in [-0.3, -0.25) is 4.79 Å². The molecule has 0 saturated carbocycles. The quantitative estimate of drug-likeness (QED) is 0.924. The summed E-state index contributed by atoms with van der Waals surface area (Å²) < 4.78 is 0. The van der Waals surface area contributed by atoms with Crippen molar-refractivity contribution >= 4 is 11.9 Å². The van der Waals surface area contributed by atoms with Gasteiger partial charge in [-0.2, -0.15) is 0 Å². The smallest absolute Gasteiger partial charge is 0.326 e. The Labute approximate surface area is 135 Å². The number of hydrogen-bond donors (Lipinski definition) is 1. The molecule has 1 amide bonds. The number of carboxylic acids is 1. The minimum Gasteiger partial charge on any atom is -0.480 e. The van der Waals surface area contributed by atoms with E-state index in [9.17, 15) is 9.59 Å².